The summed E-state index contributed by atoms with van der Waals surface area (Å²) in [4.78, 5) is 26.6. The Bertz CT molecular complexity index is 783. The number of benzene rings is 2. The maximum atomic E-state index is 12.7. The molecule has 0 aromatic heterocycles. The molecule has 7 heteroatoms. The average Bonchev–Trinajstić information content (AvgIpc) is 2.69. The molecule has 0 aliphatic heterocycles. The zero-order valence-electron chi connectivity index (χ0n) is 16.3. The van der Waals surface area contributed by atoms with Gasteiger partial charge in [-0.25, -0.2) is 0 Å². The Labute approximate surface area is 166 Å². The normalized spacial score (nSPS) is 11.6. The van der Waals surface area contributed by atoms with Crippen LogP contribution < -0.4 is 5.32 Å². The lowest BCUT2D eigenvalue weighted by atomic mass is 9.76. The van der Waals surface area contributed by atoms with Gasteiger partial charge in [0.25, 0.3) is 5.91 Å². The zero-order chi connectivity index (χ0) is 20.5. The maximum absolute atomic E-state index is 12.7. The number of aryl methyl sites for hydroxylation is 1. The molecule has 6 nitrogen and oxygen atoms in total. The van der Waals surface area contributed by atoms with Crippen LogP contribution in [0.25, 0.3) is 0 Å². The van der Waals surface area contributed by atoms with Crippen LogP contribution in [0.3, 0.4) is 0 Å². The minimum absolute atomic E-state index is 0.0868. The summed E-state index contributed by atoms with van der Waals surface area (Å²) in [5.74, 6) is -1.25. The second-order valence-electron chi connectivity index (χ2n) is 6.73. The second-order valence-corrected chi connectivity index (χ2v) is 6.73. The summed E-state index contributed by atoms with van der Waals surface area (Å²) in [5.41, 5.74) is 2.41. The largest absolute Gasteiger partial charge is 0.475 e. The van der Waals surface area contributed by atoms with Gasteiger partial charge in [0.2, 0.25) is 5.91 Å². The number of nitrogens with one attached hydrogen (secondary N) is 1. The van der Waals surface area contributed by atoms with Gasteiger partial charge in [-0.3, -0.25) is 9.59 Å². The van der Waals surface area contributed by atoms with Crippen LogP contribution in [-0.4, -0.2) is 52.9 Å². The molecule has 3 N–H and O–H groups in total. The fourth-order valence-corrected chi connectivity index (χ4v) is 3.00. The number of nitrogens with zero attached hydrogens (tertiary/aromatic N) is 1. The summed E-state index contributed by atoms with van der Waals surface area (Å²) in [6.07, 6.45) is 0.396. The Hall–Kier alpha value is -2.64. The highest BCUT2D eigenvalue weighted by molar-refractivity contribution is 6.43. The first kappa shape index (κ1) is 21.7. The monoisotopic (exact) mass is 382 g/mol. The summed E-state index contributed by atoms with van der Waals surface area (Å²) >= 11 is 0. The Morgan fingerprint density at radius 1 is 1.07 bits per heavy atom. The first-order valence-electron chi connectivity index (χ1n) is 9.46. The van der Waals surface area contributed by atoms with E-state index in [0.29, 0.717) is 18.5 Å². The summed E-state index contributed by atoms with van der Waals surface area (Å²) in [6, 6.07) is 16.7. The van der Waals surface area contributed by atoms with Crippen LogP contribution in [-0.2, 0) is 11.2 Å². The van der Waals surface area contributed by atoms with Gasteiger partial charge in [0.1, 0.15) is 0 Å². The van der Waals surface area contributed by atoms with Gasteiger partial charge in [0, 0.05) is 25.1 Å². The molecule has 0 bridgehead atoms. The minimum Gasteiger partial charge on any atom is -0.426 e. The zero-order valence-corrected chi connectivity index (χ0v) is 16.3. The van der Waals surface area contributed by atoms with Crippen LogP contribution >= 0.6 is 0 Å². The molecule has 1 atom stereocenters. The molecule has 148 valence electrons. The Balaban J connectivity index is 1.93. The lowest BCUT2D eigenvalue weighted by Gasteiger charge is -2.23. The topological polar surface area (TPSA) is 89.9 Å². The van der Waals surface area contributed by atoms with E-state index >= 15 is 0 Å². The Morgan fingerprint density at radius 2 is 1.71 bits per heavy atom. The summed E-state index contributed by atoms with van der Waals surface area (Å²) in [7, 11) is -1.67. The predicted molar refractivity (Wildman–Crippen MR) is 110 cm³/mol. The van der Waals surface area contributed by atoms with E-state index in [9.17, 15) is 19.6 Å². The molecular weight excluding hydrogens is 355 g/mol. The number of rotatable bonds is 9. The van der Waals surface area contributed by atoms with Crippen LogP contribution in [0, 0.1) is 6.92 Å². The van der Waals surface area contributed by atoms with E-state index in [-0.39, 0.29) is 24.8 Å². The molecule has 0 saturated heterocycles. The van der Waals surface area contributed by atoms with E-state index in [4.69, 9.17) is 0 Å². The first-order chi connectivity index (χ1) is 13.4. The van der Waals surface area contributed by atoms with Crippen molar-refractivity contribution in [2.75, 3.05) is 13.1 Å². The quantitative estimate of drug-likeness (QED) is 0.575. The van der Waals surface area contributed by atoms with Gasteiger partial charge in [0.05, 0.1) is 5.94 Å². The van der Waals surface area contributed by atoms with Crippen molar-refractivity contribution in [2.45, 2.75) is 32.6 Å². The lowest BCUT2D eigenvalue weighted by Crippen LogP contribution is -2.48. The van der Waals surface area contributed by atoms with Crippen molar-refractivity contribution in [1.29, 1.82) is 0 Å². The molecule has 2 aromatic carbocycles. The van der Waals surface area contributed by atoms with Crippen LogP contribution in [0.5, 0.6) is 0 Å². The smallest absolute Gasteiger partial charge is 0.426 e. The standard InChI is InChI=1S/C21H27BN2O4/c1-3-24(21(26)18-12-8-7-9-16(18)2)14-13-20(25)23-19(22(27)28)15-17-10-5-4-6-11-17/h4-12,19,27-28H,3,13-15H2,1-2H3,(H,23,25). The third-order valence-corrected chi connectivity index (χ3v) is 4.66. The first-order valence-corrected chi connectivity index (χ1v) is 9.46. The van der Waals surface area contributed by atoms with E-state index < -0.39 is 13.1 Å². The van der Waals surface area contributed by atoms with Gasteiger partial charge in [-0.1, -0.05) is 48.5 Å². The maximum Gasteiger partial charge on any atom is 0.475 e. The lowest BCUT2D eigenvalue weighted by molar-refractivity contribution is -0.121. The highest BCUT2D eigenvalue weighted by Gasteiger charge is 2.26. The van der Waals surface area contributed by atoms with Crippen molar-refractivity contribution in [3.8, 4) is 0 Å². The van der Waals surface area contributed by atoms with E-state index in [1.54, 1.807) is 11.0 Å². The van der Waals surface area contributed by atoms with Crippen LogP contribution in [0.1, 0.15) is 34.8 Å². The number of hydrogen-bond acceptors (Lipinski definition) is 4. The molecule has 28 heavy (non-hydrogen) atoms. The van der Waals surface area contributed by atoms with Crippen molar-refractivity contribution in [3.63, 3.8) is 0 Å². The van der Waals surface area contributed by atoms with Crippen LogP contribution in [0.2, 0.25) is 0 Å². The van der Waals surface area contributed by atoms with Gasteiger partial charge in [-0.2, -0.15) is 0 Å². The molecule has 0 aliphatic rings. The Morgan fingerprint density at radius 3 is 2.32 bits per heavy atom. The number of amides is 2. The summed E-state index contributed by atoms with van der Waals surface area (Å²) in [5, 5.41) is 21.8. The van der Waals surface area contributed by atoms with Crippen LogP contribution in [0.15, 0.2) is 54.6 Å². The Kier molecular flexibility index (Phi) is 8.23. The molecule has 0 aliphatic carbocycles. The van der Waals surface area contributed by atoms with Crippen molar-refractivity contribution in [1.82, 2.24) is 10.2 Å². The highest BCUT2D eigenvalue weighted by atomic mass is 16.4. The third-order valence-electron chi connectivity index (χ3n) is 4.66. The van der Waals surface area contributed by atoms with E-state index in [0.717, 1.165) is 11.1 Å². The van der Waals surface area contributed by atoms with Gasteiger partial charge in [-0.15, -0.1) is 0 Å². The molecule has 0 radical (unpaired) electrons. The molecule has 2 rings (SSSR count). The van der Waals surface area contributed by atoms with Crippen molar-refractivity contribution in [3.05, 3.63) is 71.3 Å². The van der Waals surface area contributed by atoms with Crippen molar-refractivity contribution < 1.29 is 19.6 Å². The molecule has 0 fully saturated rings. The van der Waals surface area contributed by atoms with E-state index in [1.165, 1.54) is 0 Å². The molecule has 1 unspecified atom stereocenters. The minimum atomic E-state index is -1.67. The molecule has 2 aromatic rings. The van der Waals surface area contributed by atoms with Gasteiger partial charge < -0.3 is 20.3 Å². The fourth-order valence-electron chi connectivity index (χ4n) is 3.00. The predicted octanol–water partition coefficient (Wildman–Crippen LogP) is 1.59. The highest BCUT2D eigenvalue weighted by Crippen LogP contribution is 2.11. The number of carbonyl (C=O) groups is 2. The van der Waals surface area contributed by atoms with Crippen molar-refractivity contribution in [2.24, 2.45) is 0 Å². The fraction of sp³-hybridized carbons (Fsp3) is 0.333. The third kappa shape index (κ3) is 6.21. The molecule has 0 heterocycles. The van der Waals surface area contributed by atoms with E-state index in [2.05, 4.69) is 5.32 Å². The SMILES string of the molecule is CCN(CCC(=O)NC(Cc1ccccc1)B(O)O)C(=O)c1ccccc1C. The number of carbonyl (C=O) groups excluding carboxylic acids is 2. The molecule has 0 saturated carbocycles. The van der Waals surface area contributed by atoms with E-state index in [1.807, 2.05) is 62.4 Å². The second kappa shape index (κ2) is 10.6. The van der Waals surface area contributed by atoms with Crippen LogP contribution in [0.4, 0.5) is 0 Å². The van der Waals surface area contributed by atoms with Gasteiger partial charge in [0.15, 0.2) is 0 Å². The molecule has 0 spiro atoms. The van der Waals surface area contributed by atoms with Gasteiger partial charge in [-0.05, 0) is 37.5 Å². The van der Waals surface area contributed by atoms with Gasteiger partial charge >= 0.3 is 7.12 Å². The summed E-state index contributed by atoms with van der Waals surface area (Å²) in [6.45, 7) is 4.49. The van der Waals surface area contributed by atoms with Crippen molar-refractivity contribution >= 4 is 18.9 Å². The molecular formula is C21H27BN2O4. The molecule has 2 amide bonds. The average molecular weight is 382 g/mol. The number of hydrogen-bond donors (Lipinski definition) is 3. The summed E-state index contributed by atoms with van der Waals surface area (Å²) < 4.78 is 0.